The van der Waals surface area contributed by atoms with Gasteiger partial charge in [0.05, 0.1) is 16.6 Å². The van der Waals surface area contributed by atoms with Gasteiger partial charge >= 0.3 is 0 Å². The first-order valence-electron chi connectivity index (χ1n) is 11.2. The number of carbonyl (C=O) groups is 2. The molecule has 0 saturated carbocycles. The van der Waals surface area contributed by atoms with Crippen LogP contribution in [0.4, 0.5) is 11.4 Å². The number of nitrogens with zero attached hydrogens (tertiary/aromatic N) is 3. The first-order valence-corrected chi connectivity index (χ1v) is 11.2. The number of aromatic nitrogens is 3. The van der Waals surface area contributed by atoms with Crippen molar-refractivity contribution in [2.75, 3.05) is 10.6 Å². The van der Waals surface area contributed by atoms with Crippen molar-refractivity contribution in [3.05, 3.63) is 125 Å². The number of anilines is 2. The summed E-state index contributed by atoms with van der Waals surface area (Å²) in [6.45, 7) is 1.77. The van der Waals surface area contributed by atoms with E-state index in [1.165, 1.54) is 4.57 Å². The fourth-order valence-electron chi connectivity index (χ4n) is 3.89. The van der Waals surface area contributed by atoms with E-state index >= 15 is 0 Å². The third kappa shape index (κ3) is 4.60. The van der Waals surface area contributed by atoms with Crippen LogP contribution in [0.2, 0.25) is 0 Å². The minimum absolute atomic E-state index is 0.169. The van der Waals surface area contributed by atoms with E-state index < -0.39 is 0 Å². The van der Waals surface area contributed by atoms with Crippen molar-refractivity contribution >= 4 is 34.1 Å². The predicted molar refractivity (Wildman–Crippen MR) is 139 cm³/mol. The van der Waals surface area contributed by atoms with Crippen molar-refractivity contribution in [2.24, 2.45) is 0 Å². The highest BCUT2D eigenvalue weighted by atomic mass is 16.2. The molecule has 8 heteroatoms. The largest absolute Gasteiger partial charge is 0.322 e. The van der Waals surface area contributed by atoms with Crippen LogP contribution in [0.25, 0.3) is 16.6 Å². The van der Waals surface area contributed by atoms with Gasteiger partial charge in [0.25, 0.3) is 17.4 Å². The zero-order valence-corrected chi connectivity index (χ0v) is 19.3. The van der Waals surface area contributed by atoms with Crippen molar-refractivity contribution in [3.8, 4) is 5.69 Å². The maximum absolute atomic E-state index is 13.0. The lowest BCUT2D eigenvalue weighted by molar-refractivity contribution is 0.101. The van der Waals surface area contributed by atoms with Gasteiger partial charge in [-0.2, -0.15) is 0 Å². The average Bonchev–Trinajstić information content (AvgIpc) is 2.90. The van der Waals surface area contributed by atoms with E-state index in [0.717, 1.165) is 0 Å². The number of amides is 2. The lowest BCUT2D eigenvalue weighted by atomic mass is 10.1. The fraction of sp³-hybridized carbons (Fsp3) is 0.0357. The van der Waals surface area contributed by atoms with Crippen LogP contribution >= 0.6 is 0 Å². The molecular formula is C28H21N5O3. The highest BCUT2D eigenvalue weighted by molar-refractivity contribution is 6.07. The van der Waals surface area contributed by atoms with Gasteiger partial charge in [0.1, 0.15) is 5.82 Å². The summed E-state index contributed by atoms with van der Waals surface area (Å²) >= 11 is 0. The van der Waals surface area contributed by atoms with E-state index in [1.54, 1.807) is 98.2 Å². The third-order valence-corrected chi connectivity index (χ3v) is 5.65. The Hall–Kier alpha value is -5.11. The molecule has 0 saturated heterocycles. The smallest absolute Gasteiger partial charge is 0.265 e. The molecule has 0 radical (unpaired) electrons. The quantitative estimate of drug-likeness (QED) is 0.387. The van der Waals surface area contributed by atoms with Crippen molar-refractivity contribution in [2.45, 2.75) is 6.92 Å². The number of carbonyl (C=O) groups excluding carboxylic acids is 2. The molecule has 2 aromatic heterocycles. The van der Waals surface area contributed by atoms with Gasteiger partial charge in [-0.05, 0) is 73.7 Å². The molecule has 0 fully saturated rings. The Morgan fingerprint density at radius 2 is 1.44 bits per heavy atom. The summed E-state index contributed by atoms with van der Waals surface area (Å²) < 4.78 is 1.52. The van der Waals surface area contributed by atoms with Crippen molar-refractivity contribution in [3.63, 3.8) is 0 Å². The first-order chi connectivity index (χ1) is 17.5. The molecule has 0 aliphatic rings. The zero-order chi connectivity index (χ0) is 25.1. The molecule has 2 N–H and O–H groups in total. The zero-order valence-electron chi connectivity index (χ0n) is 19.3. The maximum Gasteiger partial charge on any atom is 0.265 e. The van der Waals surface area contributed by atoms with Gasteiger partial charge in [0.2, 0.25) is 0 Å². The van der Waals surface area contributed by atoms with E-state index in [2.05, 4.69) is 20.6 Å². The number of rotatable bonds is 5. The number of pyridine rings is 1. The molecule has 2 amide bonds. The van der Waals surface area contributed by atoms with Crippen molar-refractivity contribution < 1.29 is 9.59 Å². The number of aryl methyl sites for hydroxylation is 1. The van der Waals surface area contributed by atoms with E-state index in [1.807, 2.05) is 6.07 Å². The Balaban J connectivity index is 1.33. The summed E-state index contributed by atoms with van der Waals surface area (Å²) in [6.07, 6.45) is 3.18. The molecule has 0 bridgehead atoms. The number of benzene rings is 3. The lowest BCUT2D eigenvalue weighted by Gasteiger charge is -2.12. The second kappa shape index (κ2) is 9.63. The first kappa shape index (κ1) is 22.7. The van der Waals surface area contributed by atoms with Crippen LogP contribution in [0.1, 0.15) is 26.5 Å². The molecule has 36 heavy (non-hydrogen) atoms. The molecule has 0 atom stereocenters. The van der Waals surface area contributed by atoms with Crippen LogP contribution in [-0.2, 0) is 0 Å². The highest BCUT2D eigenvalue weighted by Gasteiger charge is 2.12. The normalized spacial score (nSPS) is 10.7. The van der Waals surface area contributed by atoms with Crippen LogP contribution in [0.3, 0.4) is 0 Å². The van der Waals surface area contributed by atoms with Crippen LogP contribution < -0.4 is 16.2 Å². The fourth-order valence-corrected chi connectivity index (χ4v) is 3.89. The number of nitrogens with one attached hydrogen (secondary N) is 2. The van der Waals surface area contributed by atoms with Crippen molar-refractivity contribution in [1.29, 1.82) is 0 Å². The molecule has 3 aromatic carbocycles. The minimum Gasteiger partial charge on any atom is -0.322 e. The summed E-state index contributed by atoms with van der Waals surface area (Å²) in [4.78, 5) is 46.9. The molecule has 2 heterocycles. The van der Waals surface area contributed by atoms with E-state index in [-0.39, 0.29) is 17.4 Å². The van der Waals surface area contributed by atoms with Gasteiger partial charge in [0.15, 0.2) is 0 Å². The topological polar surface area (TPSA) is 106 Å². The van der Waals surface area contributed by atoms with E-state index in [4.69, 9.17) is 0 Å². The summed E-state index contributed by atoms with van der Waals surface area (Å²) in [5.41, 5.74) is 3.00. The number of hydrogen-bond donors (Lipinski definition) is 2. The van der Waals surface area contributed by atoms with Gasteiger partial charge < -0.3 is 10.6 Å². The Bertz CT molecular complexity index is 1640. The second-order valence-electron chi connectivity index (χ2n) is 8.09. The van der Waals surface area contributed by atoms with Crippen LogP contribution in [0.5, 0.6) is 0 Å². The Morgan fingerprint density at radius 1 is 0.750 bits per heavy atom. The second-order valence-corrected chi connectivity index (χ2v) is 8.09. The van der Waals surface area contributed by atoms with Crippen LogP contribution in [-0.4, -0.2) is 26.3 Å². The standard InChI is InChI=1S/C28H21N5O3/c1-18-30-25-8-3-2-7-24(25)28(36)33(18)23-11-9-19(10-12-23)26(34)32-22-6-4-5-20(17-22)27(35)31-21-13-15-29-16-14-21/h2-17H,1H3,(H,32,34)(H,29,31,35). The monoisotopic (exact) mass is 475 g/mol. The molecular weight excluding hydrogens is 454 g/mol. The van der Waals surface area contributed by atoms with Crippen LogP contribution in [0.15, 0.2) is 102 Å². The van der Waals surface area contributed by atoms with Crippen LogP contribution in [0, 0.1) is 6.92 Å². The Morgan fingerprint density at radius 3 is 2.22 bits per heavy atom. The number of hydrogen-bond acceptors (Lipinski definition) is 5. The molecule has 5 aromatic rings. The number of fused-ring (bicyclic) bond motifs is 1. The summed E-state index contributed by atoms with van der Waals surface area (Å²) in [5, 5.41) is 6.13. The number of para-hydroxylation sites is 1. The predicted octanol–water partition coefficient (Wildman–Crippen LogP) is 4.59. The maximum atomic E-state index is 13.0. The molecule has 0 unspecified atom stereocenters. The van der Waals surface area contributed by atoms with Gasteiger partial charge in [-0.1, -0.05) is 18.2 Å². The summed E-state index contributed by atoms with van der Waals surface area (Å²) in [5.74, 6) is -0.0850. The van der Waals surface area contributed by atoms with Gasteiger partial charge in [0, 0.05) is 34.9 Å². The Kier molecular flexibility index (Phi) is 6.07. The Labute approximate surface area is 206 Å². The lowest BCUT2D eigenvalue weighted by Crippen LogP contribution is -2.22. The highest BCUT2D eigenvalue weighted by Crippen LogP contribution is 2.17. The third-order valence-electron chi connectivity index (χ3n) is 5.65. The van der Waals surface area contributed by atoms with Gasteiger partial charge in [-0.25, -0.2) is 4.98 Å². The average molecular weight is 476 g/mol. The van der Waals surface area contributed by atoms with Gasteiger partial charge in [-0.3, -0.25) is 23.9 Å². The molecule has 0 aliphatic carbocycles. The molecule has 5 rings (SSSR count). The summed E-state index contributed by atoms with van der Waals surface area (Å²) in [6, 6.07) is 24.0. The molecule has 176 valence electrons. The van der Waals surface area contributed by atoms with Gasteiger partial charge in [-0.15, -0.1) is 0 Å². The molecule has 8 nitrogen and oxygen atoms in total. The molecule has 0 spiro atoms. The summed E-state index contributed by atoms with van der Waals surface area (Å²) in [7, 11) is 0. The van der Waals surface area contributed by atoms with E-state index in [0.29, 0.717) is 44.9 Å². The van der Waals surface area contributed by atoms with Crippen molar-refractivity contribution in [1.82, 2.24) is 14.5 Å². The van der Waals surface area contributed by atoms with E-state index in [9.17, 15) is 14.4 Å². The minimum atomic E-state index is -0.339. The molecule has 0 aliphatic heterocycles. The SMILES string of the molecule is Cc1nc2ccccc2c(=O)n1-c1ccc(C(=O)Nc2cccc(C(=O)Nc3ccncc3)c2)cc1.